The summed E-state index contributed by atoms with van der Waals surface area (Å²) < 4.78 is 10.7. The maximum absolute atomic E-state index is 5.65. The number of hydrogen-bond acceptors (Lipinski definition) is 3. The van der Waals surface area contributed by atoms with Gasteiger partial charge in [-0.05, 0) is 49.3 Å². The molecule has 1 aromatic carbocycles. The Bertz CT molecular complexity index is 517. The number of ether oxygens (including phenoxy) is 2. The minimum absolute atomic E-state index is 0. The van der Waals surface area contributed by atoms with Crippen LogP contribution in [-0.4, -0.2) is 39.4 Å². The third kappa shape index (κ3) is 8.27. The summed E-state index contributed by atoms with van der Waals surface area (Å²) in [6.45, 7) is 4.23. The van der Waals surface area contributed by atoms with E-state index in [-0.39, 0.29) is 24.0 Å². The molecule has 1 fully saturated rings. The maximum atomic E-state index is 5.65. The molecule has 0 radical (unpaired) electrons. The lowest BCUT2D eigenvalue weighted by Gasteiger charge is -2.28. The van der Waals surface area contributed by atoms with Crippen molar-refractivity contribution >= 4 is 29.9 Å². The average Bonchev–Trinajstić information content (AvgIpc) is 2.61. The quantitative estimate of drug-likeness (QED) is 0.282. The fraction of sp³-hybridized carbons (Fsp3) is 0.632. The number of aliphatic imine (C=N–C) groups is 1. The van der Waals surface area contributed by atoms with Gasteiger partial charge in [-0.2, -0.15) is 0 Å². The Kier molecular flexibility index (Phi) is 10.9. The number of nitrogens with zero attached hydrogens (tertiary/aromatic N) is 1. The molecule has 0 atom stereocenters. The molecule has 0 unspecified atom stereocenters. The van der Waals surface area contributed by atoms with Crippen LogP contribution in [0.4, 0.5) is 0 Å². The minimum atomic E-state index is 0. The van der Waals surface area contributed by atoms with Crippen LogP contribution in [0.3, 0.4) is 0 Å². The summed E-state index contributed by atoms with van der Waals surface area (Å²) in [5.74, 6) is 2.61. The highest BCUT2D eigenvalue weighted by molar-refractivity contribution is 14.0. The van der Waals surface area contributed by atoms with E-state index in [0.29, 0.717) is 19.3 Å². The number of hydrogen-bond donors (Lipinski definition) is 2. The van der Waals surface area contributed by atoms with Crippen molar-refractivity contribution in [2.45, 2.75) is 45.2 Å². The predicted octanol–water partition coefficient (Wildman–Crippen LogP) is 3.57. The molecule has 142 valence electrons. The first-order valence-corrected chi connectivity index (χ1v) is 8.89. The fourth-order valence-corrected chi connectivity index (χ4v) is 2.97. The Morgan fingerprint density at radius 1 is 1.20 bits per heavy atom. The highest BCUT2D eigenvalue weighted by Gasteiger charge is 2.18. The molecule has 0 spiro atoms. The minimum Gasteiger partial charge on any atom is -0.491 e. The van der Waals surface area contributed by atoms with Crippen molar-refractivity contribution in [3.05, 3.63) is 29.8 Å². The van der Waals surface area contributed by atoms with Crippen LogP contribution in [0.25, 0.3) is 0 Å². The van der Waals surface area contributed by atoms with E-state index in [1.165, 1.54) is 31.2 Å². The van der Waals surface area contributed by atoms with Gasteiger partial charge in [0, 0.05) is 26.7 Å². The molecule has 6 heteroatoms. The van der Waals surface area contributed by atoms with E-state index >= 15 is 0 Å². The number of nitrogens with one attached hydrogen (secondary N) is 2. The highest BCUT2D eigenvalue weighted by atomic mass is 127. The van der Waals surface area contributed by atoms with Crippen molar-refractivity contribution in [2.24, 2.45) is 10.9 Å². The first-order chi connectivity index (χ1) is 11.7. The third-order valence-electron chi connectivity index (χ3n) is 4.49. The number of methoxy groups -OCH3 is 1. The second-order valence-electron chi connectivity index (χ2n) is 6.52. The van der Waals surface area contributed by atoms with E-state index in [1.54, 1.807) is 7.11 Å². The molecule has 0 heterocycles. The fourth-order valence-electron chi connectivity index (χ4n) is 2.97. The smallest absolute Gasteiger partial charge is 0.191 e. The average molecular weight is 461 g/mol. The third-order valence-corrected chi connectivity index (χ3v) is 4.49. The molecule has 0 amide bonds. The van der Waals surface area contributed by atoms with Gasteiger partial charge in [0.05, 0.1) is 6.61 Å². The molecule has 2 rings (SSSR count). The summed E-state index contributed by atoms with van der Waals surface area (Å²) in [7, 11) is 3.50. The summed E-state index contributed by atoms with van der Waals surface area (Å²) >= 11 is 0. The molecule has 0 aliphatic heterocycles. The van der Waals surface area contributed by atoms with Crippen LogP contribution < -0.4 is 15.4 Å². The summed E-state index contributed by atoms with van der Waals surface area (Å²) in [4.78, 5) is 4.35. The molecule has 1 aromatic rings. The molecule has 25 heavy (non-hydrogen) atoms. The molecule has 1 saturated carbocycles. The van der Waals surface area contributed by atoms with Gasteiger partial charge in [0.15, 0.2) is 5.96 Å². The zero-order valence-corrected chi connectivity index (χ0v) is 17.9. The molecule has 0 aromatic heterocycles. The molecule has 1 aliphatic rings. The predicted molar refractivity (Wildman–Crippen MR) is 114 cm³/mol. The highest BCUT2D eigenvalue weighted by Crippen LogP contribution is 2.23. The number of benzene rings is 1. The lowest BCUT2D eigenvalue weighted by Crippen LogP contribution is -2.44. The lowest BCUT2D eigenvalue weighted by molar-refractivity contribution is 0.146. The Hall–Kier alpha value is -1.02. The van der Waals surface area contributed by atoms with Crippen LogP contribution in [0.1, 0.15) is 38.2 Å². The van der Waals surface area contributed by atoms with E-state index in [9.17, 15) is 0 Å². The molecule has 0 bridgehead atoms. The number of rotatable bonds is 7. The van der Waals surface area contributed by atoms with E-state index < -0.39 is 0 Å². The van der Waals surface area contributed by atoms with Crippen LogP contribution in [-0.2, 0) is 11.3 Å². The Morgan fingerprint density at radius 3 is 2.64 bits per heavy atom. The standard InChI is InChI=1S/C19H31N3O2.HI/c1-15-7-9-17(10-8-15)22-19(20-2)21-14-16-5-4-6-18(13-16)24-12-11-23-3;/h4-6,13,15,17H,7-12,14H2,1-3H3,(H2,20,21,22);1H. The maximum Gasteiger partial charge on any atom is 0.191 e. The molecule has 5 nitrogen and oxygen atoms in total. The number of guanidine groups is 1. The van der Waals surface area contributed by atoms with Gasteiger partial charge in [0.25, 0.3) is 0 Å². The second kappa shape index (κ2) is 12.4. The topological polar surface area (TPSA) is 54.9 Å². The largest absolute Gasteiger partial charge is 0.491 e. The van der Waals surface area contributed by atoms with E-state index in [4.69, 9.17) is 9.47 Å². The lowest BCUT2D eigenvalue weighted by atomic mass is 9.87. The van der Waals surface area contributed by atoms with Crippen molar-refractivity contribution < 1.29 is 9.47 Å². The number of halogens is 1. The van der Waals surface area contributed by atoms with Crippen molar-refractivity contribution in [3.8, 4) is 5.75 Å². The summed E-state index contributed by atoms with van der Waals surface area (Å²) in [6.07, 6.45) is 5.06. The van der Waals surface area contributed by atoms with Gasteiger partial charge in [0.2, 0.25) is 0 Å². The molecule has 1 aliphatic carbocycles. The molecule has 2 N–H and O–H groups in total. The van der Waals surface area contributed by atoms with E-state index in [1.807, 2.05) is 19.2 Å². The van der Waals surface area contributed by atoms with Gasteiger partial charge in [0.1, 0.15) is 12.4 Å². The van der Waals surface area contributed by atoms with Crippen LogP contribution in [0.15, 0.2) is 29.3 Å². The van der Waals surface area contributed by atoms with Gasteiger partial charge in [-0.15, -0.1) is 24.0 Å². The Labute approximate surface area is 169 Å². The van der Waals surface area contributed by atoms with Gasteiger partial charge in [-0.1, -0.05) is 19.1 Å². The van der Waals surface area contributed by atoms with Crippen LogP contribution in [0, 0.1) is 5.92 Å². The van der Waals surface area contributed by atoms with Crippen molar-refractivity contribution in [2.75, 3.05) is 27.4 Å². The van der Waals surface area contributed by atoms with Crippen molar-refractivity contribution in [3.63, 3.8) is 0 Å². The van der Waals surface area contributed by atoms with Crippen LogP contribution in [0.5, 0.6) is 5.75 Å². The van der Waals surface area contributed by atoms with Gasteiger partial charge in [-0.3, -0.25) is 4.99 Å². The Balaban J connectivity index is 0.00000312. The molecular weight excluding hydrogens is 429 g/mol. The normalized spacial score (nSPS) is 20.5. The first-order valence-electron chi connectivity index (χ1n) is 8.89. The van der Waals surface area contributed by atoms with Gasteiger partial charge >= 0.3 is 0 Å². The summed E-state index contributed by atoms with van der Waals surface area (Å²) in [5, 5.41) is 6.94. The summed E-state index contributed by atoms with van der Waals surface area (Å²) in [6, 6.07) is 8.66. The zero-order valence-electron chi connectivity index (χ0n) is 15.6. The molecular formula is C19H32IN3O2. The van der Waals surface area contributed by atoms with Crippen LogP contribution in [0.2, 0.25) is 0 Å². The van der Waals surface area contributed by atoms with Crippen molar-refractivity contribution in [1.29, 1.82) is 0 Å². The SMILES string of the molecule is CN=C(NCc1cccc(OCCOC)c1)NC1CCC(C)CC1.I. The monoisotopic (exact) mass is 461 g/mol. The van der Waals surface area contributed by atoms with Gasteiger partial charge in [-0.25, -0.2) is 0 Å². The van der Waals surface area contributed by atoms with E-state index in [0.717, 1.165) is 24.2 Å². The second-order valence-corrected chi connectivity index (χ2v) is 6.52. The van der Waals surface area contributed by atoms with Crippen LogP contribution >= 0.6 is 24.0 Å². The first kappa shape index (κ1) is 22.0. The Morgan fingerprint density at radius 2 is 1.96 bits per heavy atom. The van der Waals surface area contributed by atoms with Crippen molar-refractivity contribution in [1.82, 2.24) is 10.6 Å². The summed E-state index contributed by atoms with van der Waals surface area (Å²) in [5.41, 5.74) is 1.17. The van der Waals surface area contributed by atoms with E-state index in [2.05, 4.69) is 34.7 Å². The van der Waals surface area contributed by atoms with Gasteiger partial charge < -0.3 is 20.1 Å². The zero-order chi connectivity index (χ0) is 17.2. The molecule has 0 saturated heterocycles.